The molecule has 0 spiro atoms. The summed E-state index contributed by atoms with van der Waals surface area (Å²) >= 11 is 0. The van der Waals surface area contributed by atoms with Gasteiger partial charge in [0.1, 0.15) is 6.54 Å². The molecule has 6 heteroatoms. The number of amides is 1. The van der Waals surface area contributed by atoms with Crippen LogP contribution in [-0.4, -0.2) is 27.1 Å². The maximum Gasteiger partial charge on any atom is 0.245 e. The molecule has 0 saturated carbocycles. The van der Waals surface area contributed by atoms with Crippen molar-refractivity contribution in [3.63, 3.8) is 0 Å². The van der Waals surface area contributed by atoms with Crippen molar-refractivity contribution in [1.29, 1.82) is 0 Å². The van der Waals surface area contributed by atoms with Gasteiger partial charge in [-0.2, -0.15) is 0 Å². The Hall–Kier alpha value is -2.34. The fourth-order valence-corrected chi connectivity index (χ4v) is 3.56. The van der Waals surface area contributed by atoms with Crippen LogP contribution >= 0.6 is 0 Å². The summed E-state index contributed by atoms with van der Waals surface area (Å²) in [6.45, 7) is 7.65. The first kappa shape index (κ1) is 20.0. The highest BCUT2D eigenvalue weighted by molar-refractivity contribution is 7.92. The predicted octanol–water partition coefficient (Wildman–Crippen LogP) is 3.83. The average Bonchev–Trinajstić information content (AvgIpc) is 2.54. The molecule has 0 aliphatic rings. The molecule has 2 aromatic carbocycles. The van der Waals surface area contributed by atoms with Crippen LogP contribution in [0.2, 0.25) is 0 Å². The average molecular weight is 375 g/mol. The molecule has 2 rings (SSSR count). The number of benzene rings is 2. The maximum atomic E-state index is 12.4. The minimum Gasteiger partial charge on any atom is -0.325 e. The van der Waals surface area contributed by atoms with Crippen molar-refractivity contribution in [1.82, 2.24) is 0 Å². The van der Waals surface area contributed by atoms with Gasteiger partial charge in [-0.3, -0.25) is 9.10 Å². The van der Waals surface area contributed by atoms with E-state index in [9.17, 15) is 13.2 Å². The molecule has 1 amide bonds. The molecule has 0 radical (unpaired) electrons. The minimum atomic E-state index is -3.59. The van der Waals surface area contributed by atoms with Gasteiger partial charge in [-0.25, -0.2) is 8.42 Å². The second-order valence-corrected chi connectivity index (χ2v) is 8.79. The summed E-state index contributed by atoms with van der Waals surface area (Å²) in [6.07, 6.45) is 1.11. The zero-order valence-corrected chi connectivity index (χ0v) is 16.7. The van der Waals surface area contributed by atoms with Crippen LogP contribution in [0.25, 0.3) is 0 Å². The number of sulfonamides is 1. The summed E-state index contributed by atoms with van der Waals surface area (Å²) in [7, 11) is -3.59. The van der Waals surface area contributed by atoms with E-state index in [-0.39, 0.29) is 12.5 Å². The van der Waals surface area contributed by atoms with E-state index in [2.05, 4.69) is 19.2 Å². The zero-order chi connectivity index (χ0) is 19.5. The SMILES string of the molecule is Cc1ccc(C)c(N(CC(=O)Nc2ccc(C(C)C)cc2)S(C)(=O)=O)c1. The Morgan fingerprint density at radius 3 is 2.23 bits per heavy atom. The number of nitrogens with one attached hydrogen (secondary N) is 1. The summed E-state index contributed by atoms with van der Waals surface area (Å²) in [6, 6.07) is 13.1. The van der Waals surface area contributed by atoms with Crippen molar-refractivity contribution < 1.29 is 13.2 Å². The topological polar surface area (TPSA) is 66.5 Å². The molecule has 0 bridgehead atoms. The Kier molecular flexibility index (Phi) is 6.08. The molecule has 0 unspecified atom stereocenters. The van der Waals surface area contributed by atoms with E-state index in [0.717, 1.165) is 21.7 Å². The third kappa shape index (κ3) is 5.08. The number of hydrogen-bond acceptors (Lipinski definition) is 3. The Balaban J connectivity index is 2.21. The Morgan fingerprint density at radius 2 is 1.69 bits per heavy atom. The van der Waals surface area contributed by atoms with E-state index in [0.29, 0.717) is 17.3 Å². The van der Waals surface area contributed by atoms with Crippen molar-refractivity contribution in [2.75, 3.05) is 22.4 Å². The number of aryl methyl sites for hydroxylation is 2. The highest BCUT2D eigenvalue weighted by Crippen LogP contribution is 2.24. The monoisotopic (exact) mass is 374 g/mol. The molecule has 1 N–H and O–H groups in total. The fourth-order valence-electron chi connectivity index (χ4n) is 2.65. The van der Waals surface area contributed by atoms with Gasteiger partial charge in [0.15, 0.2) is 0 Å². The van der Waals surface area contributed by atoms with Gasteiger partial charge in [0, 0.05) is 5.69 Å². The van der Waals surface area contributed by atoms with E-state index in [1.54, 1.807) is 6.07 Å². The van der Waals surface area contributed by atoms with Crippen molar-refractivity contribution in [2.24, 2.45) is 0 Å². The van der Waals surface area contributed by atoms with E-state index < -0.39 is 10.0 Å². The van der Waals surface area contributed by atoms with Gasteiger partial charge < -0.3 is 5.32 Å². The minimum absolute atomic E-state index is 0.269. The first-order valence-corrected chi connectivity index (χ1v) is 10.4. The smallest absolute Gasteiger partial charge is 0.245 e. The lowest BCUT2D eigenvalue weighted by atomic mass is 10.0. The second-order valence-electron chi connectivity index (χ2n) is 6.88. The summed E-state index contributed by atoms with van der Waals surface area (Å²) < 4.78 is 25.6. The zero-order valence-electron chi connectivity index (χ0n) is 15.9. The molecule has 0 saturated heterocycles. The molecule has 0 heterocycles. The first-order chi connectivity index (χ1) is 12.1. The predicted molar refractivity (Wildman–Crippen MR) is 107 cm³/mol. The lowest BCUT2D eigenvalue weighted by Crippen LogP contribution is -2.37. The van der Waals surface area contributed by atoms with Crippen LogP contribution in [0.3, 0.4) is 0 Å². The molecule has 2 aromatic rings. The molecule has 0 fully saturated rings. The molecule has 5 nitrogen and oxygen atoms in total. The standard InChI is InChI=1S/C20H26N2O3S/c1-14(2)17-8-10-18(11-9-17)21-20(23)13-22(26(5,24)25)19-12-15(3)6-7-16(19)4/h6-12,14H,13H2,1-5H3,(H,21,23). The largest absolute Gasteiger partial charge is 0.325 e. The normalized spacial score (nSPS) is 11.5. The van der Waals surface area contributed by atoms with E-state index in [1.165, 1.54) is 5.56 Å². The fraction of sp³-hybridized carbons (Fsp3) is 0.350. The van der Waals surface area contributed by atoms with E-state index in [4.69, 9.17) is 0 Å². The third-order valence-corrected chi connectivity index (χ3v) is 5.31. The van der Waals surface area contributed by atoms with Gasteiger partial charge in [0.05, 0.1) is 11.9 Å². The van der Waals surface area contributed by atoms with Crippen LogP contribution in [0.1, 0.15) is 36.5 Å². The van der Waals surface area contributed by atoms with Crippen LogP contribution in [0.4, 0.5) is 11.4 Å². The van der Waals surface area contributed by atoms with Gasteiger partial charge in [-0.1, -0.05) is 38.1 Å². The number of nitrogens with zero attached hydrogens (tertiary/aromatic N) is 1. The summed E-state index contributed by atoms with van der Waals surface area (Å²) in [5, 5.41) is 2.77. The second kappa shape index (κ2) is 7.91. The summed E-state index contributed by atoms with van der Waals surface area (Å²) in [5.74, 6) is 0.0263. The summed E-state index contributed by atoms with van der Waals surface area (Å²) in [4.78, 5) is 12.4. The molecule has 0 aliphatic heterocycles. The van der Waals surface area contributed by atoms with E-state index in [1.807, 2.05) is 50.2 Å². The summed E-state index contributed by atoms with van der Waals surface area (Å²) in [5.41, 5.74) is 4.09. The molecule has 0 aliphatic carbocycles. The number of carbonyl (C=O) groups is 1. The van der Waals surface area contributed by atoms with Crippen molar-refractivity contribution in [3.8, 4) is 0 Å². The van der Waals surface area contributed by atoms with Crippen LogP contribution in [0, 0.1) is 13.8 Å². The third-order valence-electron chi connectivity index (χ3n) is 4.18. The quantitative estimate of drug-likeness (QED) is 0.835. The van der Waals surface area contributed by atoms with Gasteiger partial charge >= 0.3 is 0 Å². The van der Waals surface area contributed by atoms with E-state index >= 15 is 0 Å². The molecule has 0 aromatic heterocycles. The van der Waals surface area contributed by atoms with Crippen LogP contribution in [-0.2, 0) is 14.8 Å². The molecular formula is C20H26N2O3S. The Labute approximate surface area is 156 Å². The Bertz CT molecular complexity index is 888. The van der Waals surface area contributed by atoms with Crippen molar-refractivity contribution >= 4 is 27.3 Å². The molecule has 140 valence electrons. The lowest BCUT2D eigenvalue weighted by molar-refractivity contribution is -0.114. The number of anilines is 2. The highest BCUT2D eigenvalue weighted by Gasteiger charge is 2.22. The van der Waals surface area contributed by atoms with Gasteiger partial charge in [0.25, 0.3) is 0 Å². The van der Waals surface area contributed by atoms with Crippen molar-refractivity contribution in [3.05, 3.63) is 59.2 Å². The van der Waals surface area contributed by atoms with Gasteiger partial charge in [0.2, 0.25) is 15.9 Å². The first-order valence-electron chi connectivity index (χ1n) is 8.52. The van der Waals surface area contributed by atoms with Gasteiger partial charge in [-0.15, -0.1) is 0 Å². The number of carbonyl (C=O) groups excluding carboxylic acids is 1. The Morgan fingerprint density at radius 1 is 1.08 bits per heavy atom. The van der Waals surface area contributed by atoms with Crippen molar-refractivity contribution in [2.45, 2.75) is 33.6 Å². The van der Waals surface area contributed by atoms with Crippen LogP contribution in [0.15, 0.2) is 42.5 Å². The number of hydrogen-bond donors (Lipinski definition) is 1. The maximum absolute atomic E-state index is 12.4. The molecule has 0 atom stereocenters. The lowest BCUT2D eigenvalue weighted by Gasteiger charge is -2.24. The molecular weight excluding hydrogens is 348 g/mol. The number of rotatable bonds is 6. The molecule has 26 heavy (non-hydrogen) atoms. The highest BCUT2D eigenvalue weighted by atomic mass is 32.2. The van der Waals surface area contributed by atoms with Gasteiger partial charge in [-0.05, 0) is 54.7 Å². The van der Waals surface area contributed by atoms with Crippen LogP contribution < -0.4 is 9.62 Å². The van der Waals surface area contributed by atoms with Crippen LogP contribution in [0.5, 0.6) is 0 Å².